The molecule has 1 aliphatic heterocycles. The summed E-state index contributed by atoms with van der Waals surface area (Å²) in [5.74, 6) is 0.608. The predicted octanol–water partition coefficient (Wildman–Crippen LogP) is 1.50. The summed E-state index contributed by atoms with van der Waals surface area (Å²) in [7, 11) is 0. The number of nitro groups is 1. The maximum atomic E-state index is 11.6. The van der Waals surface area contributed by atoms with Crippen molar-refractivity contribution >= 4 is 5.69 Å². The van der Waals surface area contributed by atoms with Crippen LogP contribution in [0.5, 0.6) is 0 Å². The number of rotatable bonds is 3. The van der Waals surface area contributed by atoms with Gasteiger partial charge in [-0.2, -0.15) is 0 Å². The van der Waals surface area contributed by atoms with Gasteiger partial charge in [-0.25, -0.2) is 4.98 Å². The zero-order chi connectivity index (χ0) is 16.6. The van der Waals surface area contributed by atoms with Crippen LogP contribution in [0.3, 0.4) is 0 Å². The van der Waals surface area contributed by atoms with Crippen LogP contribution in [-0.4, -0.2) is 31.3 Å². The van der Waals surface area contributed by atoms with Crippen LogP contribution in [0.1, 0.15) is 35.7 Å². The fraction of sp³-hybridized carbons (Fsp3) is 0.400. The molecule has 0 fully saturated rings. The molecule has 0 radical (unpaired) electrons. The molecule has 23 heavy (non-hydrogen) atoms. The number of nitrogens with one attached hydrogen (secondary N) is 1. The quantitative estimate of drug-likeness (QED) is 0.680. The molecule has 8 heteroatoms. The van der Waals surface area contributed by atoms with Crippen molar-refractivity contribution in [1.82, 2.24) is 19.9 Å². The Labute approximate surface area is 132 Å². The van der Waals surface area contributed by atoms with Gasteiger partial charge in [-0.15, -0.1) is 0 Å². The topological polar surface area (TPSA) is 105 Å². The molecule has 0 spiro atoms. The molecule has 2 aromatic heterocycles. The lowest BCUT2D eigenvalue weighted by Gasteiger charge is -2.32. The third-order valence-electron chi connectivity index (χ3n) is 4.10. The molecule has 1 unspecified atom stereocenters. The number of hydrogen-bond acceptors (Lipinski definition) is 6. The monoisotopic (exact) mass is 315 g/mol. The number of H-pyrrole nitrogens is 1. The summed E-state index contributed by atoms with van der Waals surface area (Å²) in [4.78, 5) is 35.6. The molecule has 3 heterocycles. The lowest BCUT2D eigenvalue weighted by Crippen LogP contribution is -2.35. The Morgan fingerprint density at radius 3 is 2.91 bits per heavy atom. The maximum Gasteiger partial charge on any atom is 0.287 e. The van der Waals surface area contributed by atoms with Crippen molar-refractivity contribution in [2.75, 3.05) is 6.54 Å². The fourth-order valence-electron chi connectivity index (χ4n) is 2.84. The summed E-state index contributed by atoms with van der Waals surface area (Å²) in [6.45, 7) is 5.05. The van der Waals surface area contributed by atoms with Gasteiger partial charge in [0.2, 0.25) is 0 Å². The smallest absolute Gasteiger partial charge is 0.287 e. The van der Waals surface area contributed by atoms with E-state index in [4.69, 9.17) is 0 Å². The summed E-state index contributed by atoms with van der Waals surface area (Å²) < 4.78 is 0. The molecule has 8 nitrogen and oxygen atoms in total. The number of aryl methyl sites for hydroxylation is 1. The normalized spacial score (nSPS) is 15.9. The van der Waals surface area contributed by atoms with Gasteiger partial charge in [0, 0.05) is 43.0 Å². The Morgan fingerprint density at radius 2 is 2.22 bits per heavy atom. The third kappa shape index (κ3) is 3.11. The molecule has 0 saturated carbocycles. The van der Waals surface area contributed by atoms with Gasteiger partial charge in [0.25, 0.3) is 11.2 Å². The first-order valence-corrected chi connectivity index (χ1v) is 7.38. The Hall–Kier alpha value is -2.61. The summed E-state index contributed by atoms with van der Waals surface area (Å²) in [5.41, 5.74) is 2.25. The van der Waals surface area contributed by atoms with Crippen LogP contribution in [0.25, 0.3) is 0 Å². The lowest BCUT2D eigenvalue weighted by molar-refractivity contribution is -0.385. The first-order chi connectivity index (χ1) is 10.9. The highest BCUT2D eigenvalue weighted by Crippen LogP contribution is 2.26. The highest BCUT2D eigenvalue weighted by molar-refractivity contribution is 5.35. The van der Waals surface area contributed by atoms with Crippen molar-refractivity contribution in [2.24, 2.45) is 0 Å². The molecule has 0 bridgehead atoms. The molecule has 120 valence electrons. The van der Waals surface area contributed by atoms with Gasteiger partial charge < -0.3 is 4.98 Å². The van der Waals surface area contributed by atoms with E-state index in [9.17, 15) is 14.9 Å². The van der Waals surface area contributed by atoms with E-state index < -0.39 is 4.92 Å². The number of fused-ring (bicyclic) bond motifs is 1. The van der Waals surface area contributed by atoms with E-state index in [2.05, 4.69) is 19.9 Å². The first-order valence-electron chi connectivity index (χ1n) is 7.38. The predicted molar refractivity (Wildman–Crippen MR) is 83.0 cm³/mol. The Kier molecular flexibility index (Phi) is 3.91. The van der Waals surface area contributed by atoms with Crippen LogP contribution in [0.2, 0.25) is 0 Å². The highest BCUT2D eigenvalue weighted by Gasteiger charge is 2.25. The van der Waals surface area contributed by atoms with Gasteiger partial charge in [-0.05, 0) is 19.4 Å². The van der Waals surface area contributed by atoms with Gasteiger partial charge in [0.15, 0.2) is 0 Å². The third-order valence-corrected chi connectivity index (χ3v) is 4.10. The molecule has 0 amide bonds. The van der Waals surface area contributed by atoms with Crippen LogP contribution in [-0.2, 0) is 13.0 Å². The van der Waals surface area contributed by atoms with Crippen molar-refractivity contribution in [3.05, 3.63) is 61.6 Å². The molecule has 0 saturated heterocycles. The molecule has 1 atom stereocenters. The number of aromatic amines is 1. The van der Waals surface area contributed by atoms with Crippen molar-refractivity contribution in [1.29, 1.82) is 0 Å². The van der Waals surface area contributed by atoms with E-state index in [1.54, 1.807) is 13.0 Å². The van der Waals surface area contributed by atoms with Gasteiger partial charge in [0.05, 0.1) is 11.0 Å². The minimum absolute atomic E-state index is 0.000315. The van der Waals surface area contributed by atoms with E-state index >= 15 is 0 Å². The van der Waals surface area contributed by atoms with Crippen molar-refractivity contribution in [2.45, 2.75) is 32.9 Å². The molecule has 2 aromatic rings. The second kappa shape index (κ2) is 5.88. The Balaban J connectivity index is 1.87. The molecular formula is C15H17N5O3. The number of hydrogen-bond donors (Lipinski definition) is 1. The first kappa shape index (κ1) is 15.3. The van der Waals surface area contributed by atoms with Crippen molar-refractivity contribution in [3.8, 4) is 0 Å². The summed E-state index contributed by atoms with van der Waals surface area (Å²) >= 11 is 0. The summed E-state index contributed by atoms with van der Waals surface area (Å²) in [5, 5.41) is 10.9. The number of nitrogens with zero attached hydrogens (tertiary/aromatic N) is 4. The minimum Gasteiger partial charge on any atom is -0.309 e. The van der Waals surface area contributed by atoms with E-state index in [0.29, 0.717) is 24.5 Å². The van der Waals surface area contributed by atoms with E-state index in [-0.39, 0.29) is 17.3 Å². The zero-order valence-corrected chi connectivity index (χ0v) is 12.9. The molecule has 1 N–H and O–H groups in total. The zero-order valence-electron chi connectivity index (χ0n) is 12.9. The second-order valence-electron chi connectivity index (χ2n) is 5.72. The average molecular weight is 315 g/mol. The van der Waals surface area contributed by atoms with Gasteiger partial charge in [-0.3, -0.25) is 24.8 Å². The minimum atomic E-state index is -0.435. The maximum absolute atomic E-state index is 11.6. The van der Waals surface area contributed by atoms with Crippen LogP contribution < -0.4 is 5.56 Å². The molecular weight excluding hydrogens is 298 g/mol. The van der Waals surface area contributed by atoms with E-state index in [1.165, 1.54) is 12.3 Å². The van der Waals surface area contributed by atoms with Crippen LogP contribution in [0.15, 0.2) is 23.1 Å². The van der Waals surface area contributed by atoms with Gasteiger partial charge in [0.1, 0.15) is 12.0 Å². The number of aromatic nitrogens is 3. The van der Waals surface area contributed by atoms with Crippen molar-refractivity contribution < 1.29 is 4.92 Å². The second-order valence-corrected chi connectivity index (χ2v) is 5.72. The molecule has 0 aliphatic carbocycles. The average Bonchev–Trinajstić information content (AvgIpc) is 2.52. The fourth-order valence-corrected chi connectivity index (χ4v) is 2.84. The van der Waals surface area contributed by atoms with E-state index in [1.807, 2.05) is 6.92 Å². The number of pyridine rings is 1. The van der Waals surface area contributed by atoms with Gasteiger partial charge >= 0.3 is 0 Å². The SMILES string of the molecule is Cc1cc(=O)[nH]c(C(C)N2CCc3ncc([N+](=O)[O-])cc3C2)n1. The molecule has 0 aromatic carbocycles. The van der Waals surface area contributed by atoms with Crippen molar-refractivity contribution in [3.63, 3.8) is 0 Å². The Bertz CT molecular complexity index is 817. The Morgan fingerprint density at radius 1 is 1.43 bits per heavy atom. The largest absolute Gasteiger partial charge is 0.309 e. The van der Waals surface area contributed by atoms with Gasteiger partial charge in [-0.1, -0.05) is 0 Å². The van der Waals surface area contributed by atoms with Crippen LogP contribution >= 0.6 is 0 Å². The summed E-state index contributed by atoms with van der Waals surface area (Å²) in [6, 6.07) is 2.94. The molecule has 3 rings (SSSR count). The van der Waals surface area contributed by atoms with Crippen LogP contribution in [0, 0.1) is 17.0 Å². The highest BCUT2D eigenvalue weighted by atomic mass is 16.6. The van der Waals surface area contributed by atoms with Crippen LogP contribution in [0.4, 0.5) is 5.69 Å². The summed E-state index contributed by atoms with van der Waals surface area (Å²) in [6.07, 6.45) is 2.02. The van der Waals surface area contributed by atoms with E-state index in [0.717, 1.165) is 17.8 Å². The lowest BCUT2D eigenvalue weighted by atomic mass is 10.0. The molecule has 1 aliphatic rings. The standard InChI is InChI=1S/C15H17N5O3/c1-9-5-14(21)18-15(17-9)10(2)19-4-3-13-11(8-19)6-12(7-16-13)20(22)23/h5-7,10H,3-4,8H2,1-2H3,(H,17,18,21).